The normalized spacial score (nSPS) is 12.5. The van der Waals surface area contributed by atoms with Gasteiger partial charge >= 0.3 is 0 Å². The van der Waals surface area contributed by atoms with Crippen LogP contribution in [0.1, 0.15) is 27.7 Å². The molecule has 0 aliphatic rings. The fourth-order valence-corrected chi connectivity index (χ4v) is 1.37. The van der Waals surface area contributed by atoms with Crippen LogP contribution in [-0.4, -0.2) is 15.9 Å². The van der Waals surface area contributed by atoms with Gasteiger partial charge in [-0.15, -0.1) is 5.25 Å². The fourth-order valence-electron chi connectivity index (χ4n) is 1.15. The van der Waals surface area contributed by atoms with E-state index in [4.69, 9.17) is 14.6 Å². The molecule has 0 aromatic heterocycles. The summed E-state index contributed by atoms with van der Waals surface area (Å²) >= 11 is 0. The number of rotatable bonds is 5. The Hall–Kier alpha value is 0.270. The van der Waals surface area contributed by atoms with E-state index in [0.717, 1.165) is 0 Å². The maximum atomic E-state index is 8.55. The molecule has 0 fully saturated rings. The van der Waals surface area contributed by atoms with Crippen LogP contribution in [0.2, 0.25) is 0 Å². The van der Waals surface area contributed by atoms with Crippen LogP contribution in [-0.2, 0) is 4.84 Å². The highest BCUT2D eigenvalue weighted by molar-refractivity contribution is 7.42. The third kappa shape index (κ3) is 5.01. The molecule has 3 N–H and O–H groups in total. The zero-order valence-electron chi connectivity index (χ0n) is 7.98. The summed E-state index contributed by atoms with van der Waals surface area (Å²) in [5.74, 6) is 0.708. The lowest BCUT2D eigenvalue weighted by Gasteiger charge is -2.24. The Morgan fingerprint density at radius 3 is 1.75 bits per heavy atom. The molecule has 0 aliphatic carbocycles. The Kier molecular flexibility index (Phi) is 5.97. The quantitative estimate of drug-likeness (QED) is 0.458. The molecule has 0 saturated carbocycles. The second kappa shape index (κ2) is 5.84. The number of nitrogens with one attached hydrogen (secondary N) is 1. The second-order valence-electron chi connectivity index (χ2n) is 3.45. The second-order valence-corrected chi connectivity index (χ2v) is 4.21. The van der Waals surface area contributed by atoms with Crippen LogP contribution in [0.15, 0.2) is 0 Å². The number of hydrogen-bond acceptors (Lipinski definition) is 4. The Balaban J connectivity index is 3.80. The van der Waals surface area contributed by atoms with Gasteiger partial charge in [0.2, 0.25) is 0 Å². The van der Waals surface area contributed by atoms with Gasteiger partial charge in [0, 0.05) is 0 Å². The van der Waals surface area contributed by atoms with E-state index in [9.17, 15) is 0 Å². The van der Waals surface area contributed by atoms with Crippen LogP contribution >= 0.6 is 8.53 Å². The summed E-state index contributed by atoms with van der Waals surface area (Å²) in [7, 11) is -2.15. The zero-order valence-corrected chi connectivity index (χ0v) is 8.88. The highest BCUT2D eigenvalue weighted by atomic mass is 31.2. The Bertz CT molecular complexity index is 111. The molecule has 0 bridgehead atoms. The summed E-state index contributed by atoms with van der Waals surface area (Å²) in [5, 5.41) is 2.18. The molecule has 0 unspecified atom stereocenters. The van der Waals surface area contributed by atoms with Gasteiger partial charge in [-0.2, -0.15) is 0 Å². The molecular weight excluding hydrogens is 177 g/mol. The van der Waals surface area contributed by atoms with Gasteiger partial charge in [0.1, 0.15) is 0 Å². The molecule has 0 rings (SSSR count). The summed E-state index contributed by atoms with van der Waals surface area (Å²) in [5.41, 5.74) is 0. The van der Waals surface area contributed by atoms with Gasteiger partial charge in [-0.1, -0.05) is 27.7 Å². The lowest BCUT2D eigenvalue weighted by Crippen LogP contribution is -2.30. The Labute approximate surface area is 74.9 Å². The first-order valence-corrected chi connectivity index (χ1v) is 5.29. The van der Waals surface area contributed by atoms with E-state index < -0.39 is 8.53 Å². The van der Waals surface area contributed by atoms with Crippen molar-refractivity contribution >= 4 is 8.53 Å². The molecule has 0 aliphatic heterocycles. The lowest BCUT2D eigenvalue weighted by atomic mass is 9.97. The summed E-state index contributed by atoms with van der Waals surface area (Å²) in [4.78, 5) is 22.2. The first-order valence-electron chi connectivity index (χ1n) is 4.04. The van der Waals surface area contributed by atoms with E-state index in [1.807, 2.05) is 27.7 Å². The summed E-state index contributed by atoms with van der Waals surface area (Å²) in [6.45, 7) is 8.12. The highest BCUT2D eigenvalue weighted by Crippen LogP contribution is 2.21. The van der Waals surface area contributed by atoms with E-state index in [-0.39, 0.29) is 6.10 Å². The smallest absolute Gasteiger partial charge is 0.275 e. The molecule has 0 saturated heterocycles. The third-order valence-electron chi connectivity index (χ3n) is 1.58. The zero-order chi connectivity index (χ0) is 9.72. The SMILES string of the molecule is CC(C)C(ONP(O)O)C(C)C. The van der Waals surface area contributed by atoms with Crippen molar-refractivity contribution in [3.05, 3.63) is 0 Å². The first-order chi connectivity index (χ1) is 5.45. The average molecular weight is 195 g/mol. The van der Waals surface area contributed by atoms with Gasteiger partial charge in [-0.3, -0.25) is 4.84 Å². The van der Waals surface area contributed by atoms with Crippen molar-refractivity contribution < 1.29 is 14.6 Å². The molecule has 0 atom stereocenters. The van der Waals surface area contributed by atoms with Gasteiger partial charge in [-0.05, 0) is 11.8 Å². The number of hydrogen-bond donors (Lipinski definition) is 3. The van der Waals surface area contributed by atoms with Gasteiger partial charge in [-0.25, -0.2) is 0 Å². The van der Waals surface area contributed by atoms with Crippen molar-refractivity contribution in [1.29, 1.82) is 0 Å². The van der Waals surface area contributed by atoms with Gasteiger partial charge in [0.15, 0.2) is 0 Å². The molecule has 12 heavy (non-hydrogen) atoms. The van der Waals surface area contributed by atoms with Crippen molar-refractivity contribution in [2.45, 2.75) is 33.8 Å². The largest absolute Gasteiger partial charge is 0.337 e. The lowest BCUT2D eigenvalue weighted by molar-refractivity contribution is -0.0423. The predicted molar refractivity (Wildman–Crippen MR) is 49.0 cm³/mol. The molecular formula is C7H18NO3P. The van der Waals surface area contributed by atoms with E-state index in [2.05, 4.69) is 5.25 Å². The minimum atomic E-state index is -2.15. The molecule has 4 nitrogen and oxygen atoms in total. The fraction of sp³-hybridized carbons (Fsp3) is 1.00. The molecule has 0 heterocycles. The van der Waals surface area contributed by atoms with Crippen molar-refractivity contribution in [3.63, 3.8) is 0 Å². The van der Waals surface area contributed by atoms with Crippen LogP contribution in [0.3, 0.4) is 0 Å². The molecule has 0 radical (unpaired) electrons. The summed E-state index contributed by atoms with van der Waals surface area (Å²) in [6.07, 6.45) is 0.00861. The monoisotopic (exact) mass is 195 g/mol. The molecule has 0 spiro atoms. The maximum absolute atomic E-state index is 8.55. The van der Waals surface area contributed by atoms with Crippen molar-refractivity contribution in [2.24, 2.45) is 11.8 Å². The van der Waals surface area contributed by atoms with E-state index in [1.54, 1.807) is 0 Å². The maximum Gasteiger partial charge on any atom is 0.275 e. The first kappa shape index (κ1) is 12.3. The Morgan fingerprint density at radius 1 is 1.08 bits per heavy atom. The topological polar surface area (TPSA) is 61.7 Å². The average Bonchev–Trinajstić information content (AvgIpc) is 1.84. The van der Waals surface area contributed by atoms with Crippen LogP contribution < -0.4 is 5.25 Å². The predicted octanol–water partition coefficient (Wildman–Crippen LogP) is 1.40. The molecule has 74 valence electrons. The molecule has 5 heteroatoms. The van der Waals surface area contributed by atoms with E-state index in [0.29, 0.717) is 11.8 Å². The summed E-state index contributed by atoms with van der Waals surface area (Å²) < 4.78 is 0. The van der Waals surface area contributed by atoms with Crippen molar-refractivity contribution in [3.8, 4) is 0 Å². The minimum Gasteiger partial charge on any atom is -0.337 e. The standard InChI is InChI=1S/C7H18NO3P/c1-5(2)7(6(3)4)11-8-12(9)10/h5-10H,1-4H3. The Morgan fingerprint density at radius 2 is 1.50 bits per heavy atom. The van der Waals surface area contributed by atoms with Crippen LogP contribution in [0.25, 0.3) is 0 Å². The summed E-state index contributed by atoms with van der Waals surface area (Å²) in [6, 6.07) is 0. The van der Waals surface area contributed by atoms with Crippen molar-refractivity contribution in [1.82, 2.24) is 5.25 Å². The van der Waals surface area contributed by atoms with E-state index >= 15 is 0 Å². The van der Waals surface area contributed by atoms with Gasteiger partial charge < -0.3 is 9.79 Å². The molecule has 0 amide bonds. The van der Waals surface area contributed by atoms with Crippen molar-refractivity contribution in [2.75, 3.05) is 0 Å². The minimum absolute atomic E-state index is 0.00861. The molecule has 0 aromatic carbocycles. The van der Waals surface area contributed by atoms with Crippen LogP contribution in [0, 0.1) is 11.8 Å². The third-order valence-corrected chi connectivity index (χ3v) is 1.85. The van der Waals surface area contributed by atoms with Crippen LogP contribution in [0.4, 0.5) is 0 Å². The molecule has 0 aromatic rings. The highest BCUT2D eigenvalue weighted by Gasteiger charge is 2.19. The van der Waals surface area contributed by atoms with E-state index in [1.165, 1.54) is 0 Å². The van der Waals surface area contributed by atoms with Gasteiger partial charge in [0.05, 0.1) is 6.10 Å². The van der Waals surface area contributed by atoms with Gasteiger partial charge in [0.25, 0.3) is 8.53 Å². The van der Waals surface area contributed by atoms with Crippen LogP contribution in [0.5, 0.6) is 0 Å².